The molecule has 1 nitrogen and oxygen atoms in total. The summed E-state index contributed by atoms with van der Waals surface area (Å²) in [6.07, 6.45) is 6.55. The third kappa shape index (κ3) is 1.51. The van der Waals surface area contributed by atoms with Crippen molar-refractivity contribution >= 4 is 12.4 Å². The maximum atomic E-state index is 4.60. The lowest BCUT2D eigenvalue weighted by atomic mass is 9.97. The fraction of sp³-hybridized carbons (Fsp3) is 1.00. The van der Waals surface area contributed by atoms with E-state index in [4.69, 9.17) is 0 Å². The Morgan fingerprint density at radius 1 is 1.12 bits per heavy atom. The van der Waals surface area contributed by atoms with Gasteiger partial charge in [0.25, 0.3) is 0 Å². The zero-order valence-electron chi connectivity index (χ0n) is 4.97. The van der Waals surface area contributed by atoms with E-state index in [1.54, 1.807) is 0 Å². The Morgan fingerprint density at radius 3 is 2.12 bits per heavy atom. The van der Waals surface area contributed by atoms with Crippen LogP contribution in [0.4, 0.5) is 0 Å². The Balaban J connectivity index is 2.22. The first-order valence-electron chi connectivity index (χ1n) is 3.26. The molecule has 2 heteroatoms. The molecule has 0 atom stereocenters. The van der Waals surface area contributed by atoms with Gasteiger partial charge in [-0.05, 0) is 12.8 Å². The average molecular weight is 129 g/mol. The van der Waals surface area contributed by atoms with Crippen LogP contribution in [0.15, 0.2) is 4.36 Å². The quantitative estimate of drug-likeness (QED) is 0.528. The molecule has 1 aliphatic carbocycles. The van der Waals surface area contributed by atoms with Crippen LogP contribution in [-0.4, -0.2) is 6.04 Å². The van der Waals surface area contributed by atoms with Crippen LogP contribution in [0.5, 0.6) is 0 Å². The molecule has 0 N–H and O–H groups in total. The molecule has 1 aliphatic rings. The SMILES string of the molecule is S=NC1CCCCC1. The monoisotopic (exact) mass is 129 g/mol. The number of nitrogens with zero attached hydrogens (tertiary/aromatic N) is 1. The van der Waals surface area contributed by atoms with Crippen molar-refractivity contribution < 1.29 is 0 Å². The zero-order chi connectivity index (χ0) is 5.82. The van der Waals surface area contributed by atoms with Gasteiger partial charge in [-0.3, -0.25) is 0 Å². The Kier molecular flexibility index (Phi) is 2.40. The van der Waals surface area contributed by atoms with E-state index in [2.05, 4.69) is 16.8 Å². The van der Waals surface area contributed by atoms with E-state index in [1.165, 1.54) is 32.1 Å². The minimum atomic E-state index is 0.527. The normalized spacial score (nSPS) is 23.0. The standard InChI is InChI=1S/C6H11NS/c8-7-6-4-2-1-3-5-6/h6H,1-5H2. The predicted octanol–water partition coefficient (Wildman–Crippen LogP) is 2.05. The summed E-state index contributed by atoms with van der Waals surface area (Å²) < 4.78 is 3.83. The second-order valence-corrected chi connectivity index (χ2v) is 2.61. The van der Waals surface area contributed by atoms with Gasteiger partial charge in [0, 0.05) is 12.4 Å². The number of rotatable bonds is 1. The Bertz CT molecular complexity index is 76.6. The molecule has 0 saturated heterocycles. The molecule has 0 heterocycles. The van der Waals surface area contributed by atoms with Crippen molar-refractivity contribution in [2.24, 2.45) is 4.36 Å². The van der Waals surface area contributed by atoms with Crippen molar-refractivity contribution in [1.82, 2.24) is 0 Å². The van der Waals surface area contributed by atoms with Gasteiger partial charge in [-0.1, -0.05) is 19.3 Å². The molecular weight excluding hydrogens is 118 g/mol. The molecule has 1 fully saturated rings. The zero-order valence-corrected chi connectivity index (χ0v) is 5.78. The highest BCUT2D eigenvalue weighted by molar-refractivity contribution is 7.47. The van der Waals surface area contributed by atoms with Crippen molar-refractivity contribution in [1.29, 1.82) is 0 Å². The second kappa shape index (κ2) is 3.13. The van der Waals surface area contributed by atoms with Crippen molar-refractivity contribution in [2.45, 2.75) is 38.1 Å². The molecule has 1 saturated carbocycles. The average Bonchev–Trinajstić information content (AvgIpc) is 1.90. The lowest BCUT2D eigenvalue weighted by molar-refractivity contribution is 0.447. The maximum Gasteiger partial charge on any atom is 0.0630 e. The van der Waals surface area contributed by atoms with Crippen LogP contribution in [0, 0.1) is 0 Å². The third-order valence-corrected chi connectivity index (χ3v) is 2.02. The van der Waals surface area contributed by atoms with Crippen LogP contribution in [-0.2, 0) is 12.4 Å². The summed E-state index contributed by atoms with van der Waals surface area (Å²) >= 11 is 4.60. The van der Waals surface area contributed by atoms with E-state index in [0.717, 1.165) is 0 Å². The molecule has 1 rings (SSSR count). The van der Waals surface area contributed by atoms with Crippen LogP contribution >= 0.6 is 0 Å². The summed E-state index contributed by atoms with van der Waals surface area (Å²) in [5.74, 6) is 0. The van der Waals surface area contributed by atoms with Gasteiger partial charge >= 0.3 is 0 Å². The van der Waals surface area contributed by atoms with Gasteiger partial charge in [0.1, 0.15) is 0 Å². The second-order valence-electron chi connectivity index (χ2n) is 2.40. The molecule has 0 radical (unpaired) electrons. The van der Waals surface area contributed by atoms with E-state index >= 15 is 0 Å². The number of hydrogen-bond donors (Lipinski definition) is 0. The molecule has 0 spiro atoms. The van der Waals surface area contributed by atoms with Gasteiger partial charge < -0.3 is 0 Å². The van der Waals surface area contributed by atoms with Gasteiger partial charge in [-0.15, -0.1) is 0 Å². The summed E-state index contributed by atoms with van der Waals surface area (Å²) in [7, 11) is 0. The Morgan fingerprint density at radius 2 is 1.75 bits per heavy atom. The van der Waals surface area contributed by atoms with Crippen LogP contribution < -0.4 is 0 Å². The van der Waals surface area contributed by atoms with Gasteiger partial charge in [0.15, 0.2) is 0 Å². The van der Waals surface area contributed by atoms with Gasteiger partial charge in [0.05, 0.1) is 6.04 Å². The highest BCUT2D eigenvalue weighted by Crippen LogP contribution is 2.19. The topological polar surface area (TPSA) is 12.4 Å². The smallest absolute Gasteiger partial charge is 0.0630 e. The van der Waals surface area contributed by atoms with Crippen LogP contribution in [0.2, 0.25) is 0 Å². The molecule has 0 aromatic rings. The number of hydrogen-bond acceptors (Lipinski definition) is 2. The molecular formula is C6H11NS. The Labute approximate surface area is 55.6 Å². The largest absolute Gasteiger partial charge is 0.216 e. The maximum absolute atomic E-state index is 4.60. The van der Waals surface area contributed by atoms with Crippen molar-refractivity contribution in [2.75, 3.05) is 0 Å². The molecule has 0 bridgehead atoms. The first-order chi connectivity index (χ1) is 3.93. The minimum absolute atomic E-state index is 0.527. The molecule has 46 valence electrons. The predicted molar refractivity (Wildman–Crippen MR) is 36.7 cm³/mol. The molecule has 8 heavy (non-hydrogen) atoms. The summed E-state index contributed by atoms with van der Waals surface area (Å²) in [5.41, 5.74) is 0. The summed E-state index contributed by atoms with van der Waals surface area (Å²) in [4.78, 5) is 0. The van der Waals surface area contributed by atoms with Crippen molar-refractivity contribution in [3.63, 3.8) is 0 Å². The summed E-state index contributed by atoms with van der Waals surface area (Å²) in [5, 5.41) is 0. The summed E-state index contributed by atoms with van der Waals surface area (Å²) in [6.45, 7) is 0. The first-order valence-corrected chi connectivity index (χ1v) is 3.62. The van der Waals surface area contributed by atoms with E-state index in [9.17, 15) is 0 Å². The highest BCUT2D eigenvalue weighted by Gasteiger charge is 2.10. The van der Waals surface area contributed by atoms with E-state index in [0.29, 0.717) is 6.04 Å². The van der Waals surface area contributed by atoms with Crippen LogP contribution in [0.3, 0.4) is 0 Å². The highest BCUT2D eigenvalue weighted by atomic mass is 32.1. The van der Waals surface area contributed by atoms with Crippen LogP contribution in [0.25, 0.3) is 0 Å². The van der Waals surface area contributed by atoms with Gasteiger partial charge in [-0.25, -0.2) is 4.36 Å². The van der Waals surface area contributed by atoms with Crippen LogP contribution in [0.1, 0.15) is 32.1 Å². The molecule has 0 aliphatic heterocycles. The lowest BCUT2D eigenvalue weighted by Gasteiger charge is -2.14. The molecule has 0 aromatic carbocycles. The summed E-state index contributed by atoms with van der Waals surface area (Å²) in [6, 6.07) is 0.527. The fourth-order valence-electron chi connectivity index (χ4n) is 1.19. The lowest BCUT2D eigenvalue weighted by Crippen LogP contribution is -2.07. The molecule has 0 amide bonds. The van der Waals surface area contributed by atoms with Crippen molar-refractivity contribution in [3.8, 4) is 0 Å². The van der Waals surface area contributed by atoms with E-state index < -0.39 is 0 Å². The first kappa shape index (κ1) is 6.14. The fourth-order valence-corrected chi connectivity index (χ4v) is 1.40. The molecule has 0 aromatic heterocycles. The van der Waals surface area contributed by atoms with Gasteiger partial charge in [0.2, 0.25) is 0 Å². The van der Waals surface area contributed by atoms with E-state index in [1.807, 2.05) is 0 Å². The van der Waals surface area contributed by atoms with Gasteiger partial charge in [-0.2, -0.15) is 0 Å². The van der Waals surface area contributed by atoms with Crippen molar-refractivity contribution in [3.05, 3.63) is 0 Å². The van der Waals surface area contributed by atoms with E-state index in [-0.39, 0.29) is 0 Å². The third-order valence-electron chi connectivity index (χ3n) is 1.72. The Hall–Kier alpha value is 0.0200. The minimum Gasteiger partial charge on any atom is -0.216 e. The molecule has 0 unspecified atom stereocenters.